The minimum atomic E-state index is -0.721. The summed E-state index contributed by atoms with van der Waals surface area (Å²) in [6.45, 7) is 4.28. The topological polar surface area (TPSA) is 52.5 Å². The first-order valence-electron chi connectivity index (χ1n) is 6.24. The minimum absolute atomic E-state index is 0.166. The first kappa shape index (κ1) is 16.8. The van der Waals surface area contributed by atoms with Gasteiger partial charge in [-0.3, -0.25) is 0 Å². The van der Waals surface area contributed by atoms with Crippen LogP contribution in [0.25, 0.3) is 0 Å². The molecule has 0 amide bonds. The molecule has 19 heavy (non-hydrogen) atoms. The van der Waals surface area contributed by atoms with Gasteiger partial charge in [0, 0.05) is 17.0 Å². The van der Waals surface area contributed by atoms with Crippen LogP contribution in [0.2, 0.25) is 5.02 Å². The molecule has 1 aromatic carbocycles. The van der Waals surface area contributed by atoms with Gasteiger partial charge in [-0.25, -0.2) is 0 Å². The molecule has 108 valence electrons. The minimum Gasteiger partial charge on any atom is -0.394 e. The van der Waals surface area contributed by atoms with Crippen LogP contribution in [-0.4, -0.2) is 41.3 Å². The largest absolute Gasteiger partial charge is 0.394 e. The van der Waals surface area contributed by atoms with Gasteiger partial charge < -0.3 is 15.5 Å². The highest BCUT2D eigenvalue weighted by Gasteiger charge is 2.19. The third-order valence-electron chi connectivity index (χ3n) is 2.89. The number of benzene rings is 1. The quantitative estimate of drug-likeness (QED) is 0.677. The molecule has 0 saturated heterocycles. The average molecular weight is 304 g/mol. The molecule has 0 bridgehead atoms. The van der Waals surface area contributed by atoms with Crippen molar-refractivity contribution in [3.8, 4) is 0 Å². The van der Waals surface area contributed by atoms with E-state index in [-0.39, 0.29) is 12.1 Å². The van der Waals surface area contributed by atoms with Gasteiger partial charge in [-0.1, -0.05) is 17.7 Å². The number of nitrogens with one attached hydrogen (secondary N) is 1. The Labute approximate surface area is 124 Å². The van der Waals surface area contributed by atoms with Crippen LogP contribution in [0, 0.1) is 0 Å². The van der Waals surface area contributed by atoms with E-state index in [2.05, 4.69) is 25.2 Å². The summed E-state index contributed by atoms with van der Waals surface area (Å²) in [5.74, 6) is 0. The number of hydrogen-bond acceptors (Lipinski definition) is 4. The molecule has 0 aliphatic heterocycles. The lowest BCUT2D eigenvalue weighted by atomic mass is 9.95. The van der Waals surface area contributed by atoms with E-state index >= 15 is 0 Å². The van der Waals surface area contributed by atoms with Crippen molar-refractivity contribution >= 4 is 23.4 Å². The number of aliphatic hydroxyl groups excluding tert-OH is 2. The van der Waals surface area contributed by atoms with E-state index in [4.69, 9.17) is 16.7 Å². The summed E-state index contributed by atoms with van der Waals surface area (Å²) in [4.78, 5) is 1.08. The predicted molar refractivity (Wildman–Crippen MR) is 82.1 cm³/mol. The van der Waals surface area contributed by atoms with Crippen molar-refractivity contribution in [1.82, 2.24) is 5.32 Å². The van der Waals surface area contributed by atoms with Crippen LogP contribution in [0.4, 0.5) is 0 Å². The summed E-state index contributed by atoms with van der Waals surface area (Å²) in [5, 5.41) is 22.2. The molecule has 0 saturated carbocycles. The second-order valence-electron chi connectivity index (χ2n) is 5.25. The molecule has 0 aromatic heterocycles. The normalized spacial score (nSPS) is 13.6. The lowest BCUT2D eigenvalue weighted by Gasteiger charge is -2.28. The third-order valence-corrected chi connectivity index (χ3v) is 4.11. The Balaban J connectivity index is 2.64. The summed E-state index contributed by atoms with van der Waals surface area (Å²) in [6.07, 6.45) is 2.09. The van der Waals surface area contributed by atoms with Crippen LogP contribution in [0.1, 0.15) is 19.4 Å². The zero-order chi connectivity index (χ0) is 14.5. The fourth-order valence-corrected chi connectivity index (χ4v) is 2.74. The molecule has 0 unspecified atom stereocenters. The maximum atomic E-state index is 9.36. The molecule has 0 radical (unpaired) electrons. The van der Waals surface area contributed by atoms with Crippen molar-refractivity contribution in [2.45, 2.75) is 36.8 Å². The highest BCUT2D eigenvalue weighted by Crippen LogP contribution is 2.27. The van der Waals surface area contributed by atoms with Gasteiger partial charge in [0.2, 0.25) is 0 Å². The lowest BCUT2D eigenvalue weighted by Crippen LogP contribution is -2.45. The van der Waals surface area contributed by atoms with Gasteiger partial charge in [0.15, 0.2) is 0 Å². The Morgan fingerprint density at radius 1 is 1.42 bits per heavy atom. The molecule has 1 aromatic rings. The maximum absolute atomic E-state index is 9.36. The molecule has 3 N–H and O–H groups in total. The average Bonchev–Trinajstić information content (AvgIpc) is 2.36. The Kier molecular flexibility index (Phi) is 6.63. The van der Waals surface area contributed by atoms with Crippen molar-refractivity contribution in [2.75, 3.05) is 19.4 Å². The van der Waals surface area contributed by atoms with Crippen molar-refractivity contribution < 1.29 is 10.2 Å². The Morgan fingerprint density at radius 2 is 2.11 bits per heavy atom. The fourth-order valence-electron chi connectivity index (χ4n) is 1.85. The number of hydrogen-bond donors (Lipinski definition) is 3. The van der Waals surface area contributed by atoms with Gasteiger partial charge >= 0.3 is 0 Å². The summed E-state index contributed by atoms with van der Waals surface area (Å²) < 4.78 is 0. The first-order valence-corrected chi connectivity index (χ1v) is 7.84. The first-order chi connectivity index (χ1) is 8.88. The molecule has 5 heteroatoms. The lowest BCUT2D eigenvalue weighted by molar-refractivity contribution is 0.0877. The van der Waals surface area contributed by atoms with Crippen LogP contribution >= 0.6 is 23.4 Å². The van der Waals surface area contributed by atoms with Gasteiger partial charge in [0.05, 0.1) is 17.7 Å². The summed E-state index contributed by atoms with van der Waals surface area (Å²) in [6, 6.07) is 6.09. The van der Waals surface area contributed by atoms with Crippen molar-refractivity contribution in [1.29, 1.82) is 0 Å². The van der Waals surface area contributed by atoms with Gasteiger partial charge in [-0.15, -0.1) is 11.8 Å². The van der Waals surface area contributed by atoms with Crippen molar-refractivity contribution in [3.05, 3.63) is 28.8 Å². The molecule has 1 rings (SSSR count). The number of β-amino-alcohol motifs (C(OH)–C–C–N with tert-alkyl or cyclic N) is 1. The molecule has 1 atom stereocenters. The number of rotatable bonds is 7. The van der Waals surface area contributed by atoms with E-state index in [9.17, 15) is 5.11 Å². The van der Waals surface area contributed by atoms with Crippen LogP contribution < -0.4 is 5.32 Å². The molecule has 0 aliphatic carbocycles. The smallest absolute Gasteiger partial charge is 0.0895 e. The van der Waals surface area contributed by atoms with Crippen LogP contribution in [0.3, 0.4) is 0 Å². The van der Waals surface area contributed by atoms with Gasteiger partial charge in [-0.05, 0) is 44.2 Å². The van der Waals surface area contributed by atoms with E-state index in [0.717, 1.165) is 21.9 Å². The van der Waals surface area contributed by atoms with E-state index in [1.807, 2.05) is 18.4 Å². The van der Waals surface area contributed by atoms with E-state index in [1.165, 1.54) is 0 Å². The van der Waals surface area contributed by atoms with Gasteiger partial charge in [-0.2, -0.15) is 0 Å². The molecule has 0 fully saturated rings. The number of aliphatic hydroxyl groups is 2. The molecular weight excluding hydrogens is 282 g/mol. The van der Waals surface area contributed by atoms with E-state index < -0.39 is 6.10 Å². The van der Waals surface area contributed by atoms with Crippen molar-refractivity contribution in [3.63, 3.8) is 0 Å². The Morgan fingerprint density at radius 3 is 2.63 bits per heavy atom. The van der Waals surface area contributed by atoms with Gasteiger partial charge in [0.25, 0.3) is 0 Å². The second-order valence-corrected chi connectivity index (χ2v) is 6.50. The third kappa shape index (κ3) is 5.71. The van der Waals surface area contributed by atoms with Gasteiger partial charge in [0.1, 0.15) is 0 Å². The summed E-state index contributed by atoms with van der Waals surface area (Å²) >= 11 is 7.82. The molecular formula is C14H22ClNO2S. The molecule has 0 aliphatic rings. The molecule has 0 spiro atoms. The van der Waals surface area contributed by atoms with Crippen LogP contribution in [0.5, 0.6) is 0 Å². The zero-order valence-corrected chi connectivity index (χ0v) is 13.2. The summed E-state index contributed by atoms with van der Waals surface area (Å²) in [7, 11) is 0. The maximum Gasteiger partial charge on any atom is 0.0895 e. The zero-order valence-electron chi connectivity index (χ0n) is 11.6. The standard InChI is InChI=1S/C14H22ClNO2S/c1-14(2,16-8-11(18)9-17)7-10-4-5-13(19-3)12(15)6-10/h4-6,11,16-18H,7-9H2,1-3H3/t11-/m1/s1. The predicted octanol–water partition coefficient (Wildman–Crippen LogP) is 2.33. The monoisotopic (exact) mass is 303 g/mol. The van der Waals surface area contributed by atoms with E-state index in [1.54, 1.807) is 11.8 Å². The fraction of sp³-hybridized carbons (Fsp3) is 0.571. The number of halogens is 1. The van der Waals surface area contributed by atoms with Crippen LogP contribution in [-0.2, 0) is 6.42 Å². The Hall–Kier alpha value is -0.260. The molecule has 3 nitrogen and oxygen atoms in total. The highest BCUT2D eigenvalue weighted by molar-refractivity contribution is 7.98. The van der Waals surface area contributed by atoms with Crippen LogP contribution in [0.15, 0.2) is 23.1 Å². The van der Waals surface area contributed by atoms with E-state index in [0.29, 0.717) is 6.54 Å². The second kappa shape index (κ2) is 7.50. The SMILES string of the molecule is CSc1ccc(CC(C)(C)NC[C@@H](O)CO)cc1Cl. The Bertz CT molecular complexity index is 412. The molecule has 0 heterocycles. The summed E-state index contributed by atoms with van der Waals surface area (Å²) in [5.41, 5.74) is 0.985. The highest BCUT2D eigenvalue weighted by atomic mass is 35.5. The number of thioether (sulfide) groups is 1. The van der Waals surface area contributed by atoms with Crippen molar-refractivity contribution in [2.24, 2.45) is 0 Å².